The maximum Gasteiger partial charge on any atom is 0.265 e. The smallest absolute Gasteiger partial charge is 0.265 e. The first-order chi connectivity index (χ1) is 12.7. The Bertz CT molecular complexity index is 1090. The molecular formula is C19H22BrN5O2. The summed E-state index contributed by atoms with van der Waals surface area (Å²) in [6.45, 7) is 7.50. The Morgan fingerprint density at radius 3 is 2.44 bits per heavy atom. The third-order valence-electron chi connectivity index (χ3n) is 5.25. The van der Waals surface area contributed by atoms with E-state index in [0.29, 0.717) is 30.1 Å². The standard InChI is InChI=1S/C19H22BrN5O2/c1-11-6-13(20)7-12(2)15(11)25-8-14-16(22-25)21-18(23(4)17(14)26)24-9-19(3,10-24)27-5/h6-8H,9-10H2,1-5H3. The molecule has 0 bridgehead atoms. The summed E-state index contributed by atoms with van der Waals surface area (Å²) in [5.74, 6) is 0.622. The minimum atomic E-state index is -0.197. The van der Waals surface area contributed by atoms with Crippen LogP contribution in [0.2, 0.25) is 0 Å². The van der Waals surface area contributed by atoms with Gasteiger partial charge in [0.15, 0.2) is 5.65 Å². The Morgan fingerprint density at radius 1 is 1.22 bits per heavy atom. The van der Waals surface area contributed by atoms with E-state index in [4.69, 9.17) is 4.74 Å². The van der Waals surface area contributed by atoms with Gasteiger partial charge in [0.2, 0.25) is 5.95 Å². The normalized spacial score (nSPS) is 16.0. The number of aryl methyl sites for hydroxylation is 2. The summed E-state index contributed by atoms with van der Waals surface area (Å²) in [7, 11) is 3.46. The maximum absolute atomic E-state index is 12.9. The van der Waals surface area contributed by atoms with Crippen LogP contribution in [0.25, 0.3) is 16.7 Å². The lowest BCUT2D eigenvalue weighted by atomic mass is 9.97. The van der Waals surface area contributed by atoms with Crippen molar-refractivity contribution in [2.45, 2.75) is 26.4 Å². The molecular weight excluding hydrogens is 410 g/mol. The lowest BCUT2D eigenvalue weighted by molar-refractivity contribution is -0.0178. The van der Waals surface area contributed by atoms with E-state index in [1.807, 2.05) is 37.8 Å². The van der Waals surface area contributed by atoms with Gasteiger partial charge in [0, 0.05) is 24.8 Å². The number of hydrogen-bond donors (Lipinski definition) is 0. The predicted molar refractivity (Wildman–Crippen MR) is 109 cm³/mol. The quantitative estimate of drug-likeness (QED) is 0.637. The van der Waals surface area contributed by atoms with E-state index in [1.54, 1.807) is 29.6 Å². The number of rotatable bonds is 3. The van der Waals surface area contributed by atoms with Gasteiger partial charge in [-0.05, 0) is 44.0 Å². The van der Waals surface area contributed by atoms with Crippen molar-refractivity contribution in [1.82, 2.24) is 19.3 Å². The number of halogens is 1. The van der Waals surface area contributed by atoms with Gasteiger partial charge in [0.25, 0.3) is 5.56 Å². The number of fused-ring (bicyclic) bond motifs is 1. The first-order valence-electron chi connectivity index (χ1n) is 8.76. The van der Waals surface area contributed by atoms with Crippen molar-refractivity contribution in [2.75, 3.05) is 25.1 Å². The van der Waals surface area contributed by atoms with Crippen LogP contribution in [-0.4, -0.2) is 45.1 Å². The number of aromatic nitrogens is 4. The van der Waals surface area contributed by atoms with E-state index in [0.717, 1.165) is 21.3 Å². The van der Waals surface area contributed by atoms with Crippen molar-refractivity contribution in [1.29, 1.82) is 0 Å². The van der Waals surface area contributed by atoms with Crippen LogP contribution < -0.4 is 10.5 Å². The fraction of sp³-hybridized carbons (Fsp3) is 0.421. The minimum absolute atomic E-state index is 0.0975. The molecule has 0 N–H and O–H groups in total. The summed E-state index contributed by atoms with van der Waals surface area (Å²) >= 11 is 3.52. The summed E-state index contributed by atoms with van der Waals surface area (Å²) in [6, 6.07) is 4.08. The SMILES string of the molecule is COC1(C)CN(c2nc3nn(-c4c(C)cc(Br)cc4C)cc3c(=O)n2C)C1. The number of benzene rings is 1. The molecule has 0 atom stereocenters. The molecule has 2 aromatic heterocycles. The summed E-state index contributed by atoms with van der Waals surface area (Å²) in [5.41, 5.74) is 3.28. The second-order valence-corrected chi connectivity index (χ2v) is 8.40. The van der Waals surface area contributed by atoms with Crippen LogP contribution in [0.5, 0.6) is 0 Å². The topological polar surface area (TPSA) is 65.2 Å². The van der Waals surface area contributed by atoms with Crippen LogP contribution in [0.15, 0.2) is 27.6 Å². The Balaban J connectivity index is 1.83. The molecule has 0 radical (unpaired) electrons. The zero-order chi connectivity index (χ0) is 19.5. The number of hydrogen-bond acceptors (Lipinski definition) is 5. The van der Waals surface area contributed by atoms with E-state index in [1.165, 1.54) is 0 Å². The molecule has 27 heavy (non-hydrogen) atoms. The maximum atomic E-state index is 12.9. The highest BCUT2D eigenvalue weighted by molar-refractivity contribution is 9.10. The van der Waals surface area contributed by atoms with E-state index in [2.05, 4.69) is 26.0 Å². The molecule has 0 amide bonds. The molecule has 3 aromatic rings. The molecule has 7 nitrogen and oxygen atoms in total. The highest BCUT2D eigenvalue weighted by Crippen LogP contribution is 2.29. The van der Waals surface area contributed by atoms with Gasteiger partial charge in [-0.2, -0.15) is 4.98 Å². The average molecular weight is 432 g/mol. The molecule has 1 aliphatic heterocycles. The average Bonchev–Trinajstić information content (AvgIpc) is 2.98. The molecule has 1 aliphatic rings. The lowest BCUT2D eigenvalue weighted by Gasteiger charge is -2.47. The lowest BCUT2D eigenvalue weighted by Crippen LogP contribution is -2.62. The van der Waals surface area contributed by atoms with Gasteiger partial charge in [-0.15, -0.1) is 5.10 Å². The predicted octanol–water partition coefficient (Wildman–Crippen LogP) is 2.72. The number of ether oxygens (including phenoxy) is 1. The van der Waals surface area contributed by atoms with Crippen molar-refractivity contribution < 1.29 is 4.74 Å². The number of methoxy groups -OCH3 is 1. The highest BCUT2D eigenvalue weighted by Gasteiger charge is 2.40. The Hall–Kier alpha value is -2.19. The van der Waals surface area contributed by atoms with Gasteiger partial charge in [-0.1, -0.05) is 15.9 Å². The Labute approximate surface area is 165 Å². The second kappa shape index (κ2) is 6.17. The first kappa shape index (κ1) is 18.2. The van der Waals surface area contributed by atoms with Gasteiger partial charge in [-0.3, -0.25) is 9.36 Å². The highest BCUT2D eigenvalue weighted by atomic mass is 79.9. The van der Waals surface area contributed by atoms with Crippen molar-refractivity contribution >= 4 is 32.9 Å². The molecule has 1 saturated heterocycles. The van der Waals surface area contributed by atoms with Crippen molar-refractivity contribution in [3.63, 3.8) is 0 Å². The van der Waals surface area contributed by atoms with Gasteiger partial charge < -0.3 is 9.64 Å². The molecule has 3 heterocycles. The monoisotopic (exact) mass is 431 g/mol. The van der Waals surface area contributed by atoms with Crippen molar-refractivity contribution in [3.8, 4) is 5.69 Å². The summed E-state index contributed by atoms with van der Waals surface area (Å²) in [4.78, 5) is 19.6. The largest absolute Gasteiger partial charge is 0.375 e. The van der Waals surface area contributed by atoms with Crippen molar-refractivity contribution in [2.24, 2.45) is 7.05 Å². The Kier molecular flexibility index (Phi) is 4.16. The minimum Gasteiger partial charge on any atom is -0.375 e. The fourth-order valence-corrected chi connectivity index (χ4v) is 4.42. The van der Waals surface area contributed by atoms with Crippen LogP contribution in [0.1, 0.15) is 18.1 Å². The van der Waals surface area contributed by atoms with E-state index >= 15 is 0 Å². The fourth-order valence-electron chi connectivity index (χ4n) is 3.73. The molecule has 8 heteroatoms. The third kappa shape index (κ3) is 2.87. The van der Waals surface area contributed by atoms with Crippen molar-refractivity contribution in [3.05, 3.63) is 44.3 Å². The van der Waals surface area contributed by atoms with Gasteiger partial charge in [0.1, 0.15) is 11.0 Å². The zero-order valence-corrected chi connectivity index (χ0v) is 17.7. The molecule has 1 aromatic carbocycles. The van der Waals surface area contributed by atoms with Crippen LogP contribution in [0, 0.1) is 13.8 Å². The second-order valence-electron chi connectivity index (χ2n) is 7.49. The van der Waals surface area contributed by atoms with Gasteiger partial charge in [0.05, 0.1) is 18.8 Å². The summed E-state index contributed by atoms with van der Waals surface area (Å²) in [6.07, 6.45) is 1.77. The van der Waals surface area contributed by atoms with Crippen LogP contribution in [0.3, 0.4) is 0 Å². The molecule has 4 rings (SSSR count). The third-order valence-corrected chi connectivity index (χ3v) is 5.70. The molecule has 0 spiro atoms. The van der Waals surface area contributed by atoms with Gasteiger partial charge in [-0.25, -0.2) is 4.68 Å². The molecule has 0 unspecified atom stereocenters. The first-order valence-corrected chi connectivity index (χ1v) is 9.55. The number of nitrogens with zero attached hydrogens (tertiary/aromatic N) is 5. The van der Waals surface area contributed by atoms with Gasteiger partial charge >= 0.3 is 0 Å². The molecule has 0 saturated carbocycles. The van der Waals surface area contributed by atoms with Crippen LogP contribution >= 0.6 is 15.9 Å². The summed E-state index contributed by atoms with van der Waals surface area (Å²) < 4.78 is 9.87. The Morgan fingerprint density at radius 2 is 1.85 bits per heavy atom. The zero-order valence-electron chi connectivity index (χ0n) is 16.1. The van der Waals surface area contributed by atoms with E-state index in [9.17, 15) is 4.79 Å². The molecule has 142 valence electrons. The van der Waals surface area contributed by atoms with E-state index < -0.39 is 0 Å². The van der Waals surface area contributed by atoms with E-state index in [-0.39, 0.29) is 11.2 Å². The van der Waals surface area contributed by atoms with Crippen LogP contribution in [0.4, 0.5) is 5.95 Å². The molecule has 1 fully saturated rings. The summed E-state index contributed by atoms with van der Waals surface area (Å²) in [5, 5.41) is 5.13. The van der Waals surface area contributed by atoms with Crippen LogP contribution in [-0.2, 0) is 11.8 Å². The molecule has 0 aliphatic carbocycles. The number of anilines is 1.